The first-order chi connectivity index (χ1) is 13.4. The van der Waals surface area contributed by atoms with Crippen LogP contribution in [0.2, 0.25) is 5.02 Å². The lowest BCUT2D eigenvalue weighted by Crippen LogP contribution is -2.36. The van der Waals surface area contributed by atoms with E-state index < -0.39 is 10.0 Å². The van der Waals surface area contributed by atoms with E-state index in [2.05, 4.69) is 0 Å². The predicted molar refractivity (Wildman–Crippen MR) is 107 cm³/mol. The van der Waals surface area contributed by atoms with E-state index in [-0.39, 0.29) is 16.8 Å². The Balaban J connectivity index is 1.68. The van der Waals surface area contributed by atoms with Crippen LogP contribution >= 0.6 is 11.6 Å². The molecule has 0 spiro atoms. The third-order valence-corrected chi connectivity index (χ3v) is 7.40. The maximum Gasteiger partial charge on any atom is 0.243 e. The molecule has 0 aromatic heterocycles. The maximum atomic E-state index is 13.4. The summed E-state index contributed by atoms with van der Waals surface area (Å²) in [6.07, 6.45) is 1.56. The lowest BCUT2D eigenvalue weighted by atomic mass is 10.1. The van der Waals surface area contributed by atoms with Gasteiger partial charge in [0.1, 0.15) is 12.4 Å². The molecule has 2 aromatic rings. The first-order valence-corrected chi connectivity index (χ1v) is 11.0. The van der Waals surface area contributed by atoms with Crippen molar-refractivity contribution in [1.29, 1.82) is 0 Å². The molecule has 0 bridgehead atoms. The minimum atomic E-state index is -3.70. The van der Waals surface area contributed by atoms with Crippen LogP contribution in [-0.4, -0.2) is 38.3 Å². The molecule has 2 heterocycles. The van der Waals surface area contributed by atoms with E-state index in [0.717, 1.165) is 18.4 Å². The van der Waals surface area contributed by atoms with Crippen molar-refractivity contribution in [2.45, 2.75) is 30.7 Å². The molecular formula is C20H21ClN2O4S. The third-order valence-electron chi connectivity index (χ3n) is 5.24. The summed E-state index contributed by atoms with van der Waals surface area (Å²) >= 11 is 5.97. The molecule has 28 heavy (non-hydrogen) atoms. The lowest BCUT2D eigenvalue weighted by Gasteiger charge is -2.30. The van der Waals surface area contributed by atoms with Crippen LogP contribution in [0, 0.1) is 0 Å². The predicted octanol–water partition coefficient (Wildman–Crippen LogP) is 3.61. The highest BCUT2D eigenvalue weighted by molar-refractivity contribution is 7.89. The smallest absolute Gasteiger partial charge is 0.243 e. The number of fused-ring (bicyclic) bond motifs is 1. The van der Waals surface area contributed by atoms with Gasteiger partial charge in [-0.3, -0.25) is 4.79 Å². The van der Waals surface area contributed by atoms with Crippen molar-refractivity contribution < 1.29 is 17.9 Å². The van der Waals surface area contributed by atoms with Gasteiger partial charge in [-0.15, -0.1) is 0 Å². The second-order valence-corrected chi connectivity index (χ2v) is 9.30. The molecule has 1 unspecified atom stereocenters. The molecule has 4 rings (SSSR count). The SMILES string of the molecule is CC(=O)N1CCOc2cc(S(=O)(=O)N3CCCC3c3ccc(Cl)cc3)ccc21. The van der Waals surface area contributed by atoms with Gasteiger partial charge in [0.2, 0.25) is 15.9 Å². The number of hydrogen-bond acceptors (Lipinski definition) is 4. The molecule has 2 aromatic carbocycles. The van der Waals surface area contributed by atoms with Gasteiger partial charge >= 0.3 is 0 Å². The van der Waals surface area contributed by atoms with Gasteiger partial charge in [-0.05, 0) is 42.7 Å². The fourth-order valence-electron chi connectivity index (χ4n) is 3.87. The summed E-state index contributed by atoms with van der Waals surface area (Å²) < 4.78 is 33.9. The quantitative estimate of drug-likeness (QED) is 0.760. The Morgan fingerprint density at radius 1 is 1.14 bits per heavy atom. The topological polar surface area (TPSA) is 66.9 Å². The van der Waals surface area contributed by atoms with Gasteiger partial charge in [0.25, 0.3) is 0 Å². The molecular weight excluding hydrogens is 400 g/mol. The van der Waals surface area contributed by atoms with Gasteiger partial charge in [0.05, 0.1) is 23.2 Å². The summed E-state index contributed by atoms with van der Waals surface area (Å²) in [7, 11) is -3.70. The summed E-state index contributed by atoms with van der Waals surface area (Å²) in [6.45, 7) is 2.75. The molecule has 0 aliphatic carbocycles. The lowest BCUT2D eigenvalue weighted by molar-refractivity contribution is -0.116. The molecule has 1 atom stereocenters. The van der Waals surface area contributed by atoms with E-state index in [1.807, 2.05) is 12.1 Å². The van der Waals surface area contributed by atoms with Crippen LogP contribution in [-0.2, 0) is 14.8 Å². The first-order valence-electron chi connectivity index (χ1n) is 9.20. The Morgan fingerprint density at radius 3 is 2.61 bits per heavy atom. The number of carbonyl (C=O) groups is 1. The summed E-state index contributed by atoms with van der Waals surface area (Å²) in [5.41, 5.74) is 1.54. The van der Waals surface area contributed by atoms with Crippen LogP contribution in [0.5, 0.6) is 5.75 Å². The Bertz CT molecular complexity index is 1010. The number of ether oxygens (including phenoxy) is 1. The highest BCUT2D eigenvalue weighted by atomic mass is 35.5. The van der Waals surface area contributed by atoms with Crippen LogP contribution in [0.15, 0.2) is 47.4 Å². The van der Waals surface area contributed by atoms with E-state index in [1.165, 1.54) is 13.0 Å². The van der Waals surface area contributed by atoms with Crippen LogP contribution in [0.3, 0.4) is 0 Å². The Labute approximate surface area is 169 Å². The maximum absolute atomic E-state index is 13.4. The van der Waals surface area contributed by atoms with Crippen LogP contribution in [0.1, 0.15) is 31.4 Å². The van der Waals surface area contributed by atoms with Gasteiger partial charge in [-0.25, -0.2) is 8.42 Å². The highest BCUT2D eigenvalue weighted by Gasteiger charge is 2.37. The Morgan fingerprint density at radius 2 is 1.89 bits per heavy atom. The molecule has 2 aliphatic rings. The number of amides is 1. The van der Waals surface area contributed by atoms with Crippen molar-refractivity contribution in [3.05, 3.63) is 53.1 Å². The van der Waals surface area contributed by atoms with Crippen molar-refractivity contribution in [1.82, 2.24) is 4.31 Å². The minimum Gasteiger partial charge on any atom is -0.489 e. The molecule has 8 heteroatoms. The van der Waals surface area contributed by atoms with Gasteiger partial charge in [-0.1, -0.05) is 23.7 Å². The second-order valence-electron chi connectivity index (χ2n) is 6.97. The van der Waals surface area contributed by atoms with E-state index in [1.54, 1.807) is 33.5 Å². The number of benzene rings is 2. The largest absolute Gasteiger partial charge is 0.489 e. The van der Waals surface area contributed by atoms with Crippen molar-refractivity contribution in [2.24, 2.45) is 0 Å². The average Bonchev–Trinajstić information content (AvgIpc) is 3.18. The molecule has 6 nitrogen and oxygen atoms in total. The molecule has 1 amide bonds. The number of sulfonamides is 1. The average molecular weight is 421 g/mol. The minimum absolute atomic E-state index is 0.0949. The first kappa shape index (κ1) is 19.2. The zero-order valence-electron chi connectivity index (χ0n) is 15.5. The van der Waals surface area contributed by atoms with Crippen molar-refractivity contribution in [2.75, 3.05) is 24.6 Å². The summed E-state index contributed by atoms with van der Waals surface area (Å²) in [4.78, 5) is 13.6. The van der Waals surface area contributed by atoms with Gasteiger partial charge in [0, 0.05) is 24.6 Å². The number of nitrogens with zero attached hydrogens (tertiary/aromatic N) is 2. The van der Waals surface area contributed by atoms with E-state index in [0.29, 0.717) is 36.2 Å². The standard InChI is InChI=1S/C20H21ClN2O4S/c1-14(24)22-11-12-27-20-13-17(8-9-19(20)22)28(25,26)23-10-2-3-18(23)15-4-6-16(21)7-5-15/h4-9,13,18H,2-3,10-12H2,1H3. The molecule has 148 valence electrons. The molecule has 0 saturated carbocycles. The molecule has 0 N–H and O–H groups in total. The molecule has 0 radical (unpaired) electrons. The Hall–Kier alpha value is -2.09. The summed E-state index contributed by atoms with van der Waals surface area (Å²) in [5, 5.41) is 0.623. The molecule has 2 aliphatic heterocycles. The van der Waals surface area contributed by atoms with E-state index in [9.17, 15) is 13.2 Å². The van der Waals surface area contributed by atoms with Gasteiger partial charge in [-0.2, -0.15) is 4.31 Å². The number of halogens is 1. The molecule has 1 saturated heterocycles. The molecule has 1 fully saturated rings. The fourth-order valence-corrected chi connectivity index (χ4v) is 5.69. The van der Waals surface area contributed by atoms with Crippen LogP contribution in [0.25, 0.3) is 0 Å². The van der Waals surface area contributed by atoms with Crippen LogP contribution < -0.4 is 9.64 Å². The van der Waals surface area contributed by atoms with E-state index >= 15 is 0 Å². The van der Waals surface area contributed by atoms with Crippen molar-refractivity contribution in [3.8, 4) is 5.75 Å². The number of anilines is 1. The van der Waals surface area contributed by atoms with Crippen molar-refractivity contribution >= 4 is 33.2 Å². The number of rotatable bonds is 3. The number of hydrogen-bond donors (Lipinski definition) is 0. The van der Waals surface area contributed by atoms with E-state index in [4.69, 9.17) is 16.3 Å². The number of carbonyl (C=O) groups excluding carboxylic acids is 1. The van der Waals surface area contributed by atoms with Crippen LogP contribution in [0.4, 0.5) is 5.69 Å². The fraction of sp³-hybridized carbons (Fsp3) is 0.350. The second kappa shape index (κ2) is 7.39. The van der Waals surface area contributed by atoms with Gasteiger partial charge < -0.3 is 9.64 Å². The van der Waals surface area contributed by atoms with Crippen molar-refractivity contribution in [3.63, 3.8) is 0 Å². The zero-order chi connectivity index (χ0) is 19.9. The Kier molecular flexibility index (Phi) is 5.07. The monoisotopic (exact) mass is 420 g/mol. The normalized spacial score (nSPS) is 19.9. The third kappa shape index (κ3) is 3.38. The zero-order valence-corrected chi connectivity index (χ0v) is 17.0. The summed E-state index contributed by atoms with van der Waals surface area (Å²) in [5.74, 6) is 0.326. The summed E-state index contributed by atoms with van der Waals surface area (Å²) in [6, 6.07) is 11.8. The van der Waals surface area contributed by atoms with Gasteiger partial charge in [0.15, 0.2) is 0 Å². The highest BCUT2D eigenvalue weighted by Crippen LogP contribution is 2.39.